The Morgan fingerprint density at radius 3 is 2.81 bits per heavy atom. The number of ether oxygens (including phenoxy) is 1. The van der Waals surface area contributed by atoms with Crippen LogP contribution in [0.5, 0.6) is 5.75 Å². The highest BCUT2D eigenvalue weighted by atomic mass is 35.7. The van der Waals surface area contributed by atoms with E-state index in [4.69, 9.17) is 15.4 Å². The van der Waals surface area contributed by atoms with Gasteiger partial charge in [-0.2, -0.15) is 5.26 Å². The maximum Gasteiger partial charge on any atom is 0.232 e. The van der Waals surface area contributed by atoms with Gasteiger partial charge in [-0.15, -0.1) is 0 Å². The Bertz CT molecular complexity index is 711. The van der Waals surface area contributed by atoms with Gasteiger partial charge >= 0.3 is 0 Å². The molecule has 1 aliphatic heterocycles. The van der Waals surface area contributed by atoms with E-state index in [-0.39, 0.29) is 30.5 Å². The smallest absolute Gasteiger partial charge is 0.232 e. The van der Waals surface area contributed by atoms with Crippen LogP contribution in [0.3, 0.4) is 0 Å². The van der Waals surface area contributed by atoms with Crippen molar-refractivity contribution in [3.8, 4) is 11.8 Å². The Kier molecular flexibility index (Phi) is 4.40. The minimum atomic E-state index is -3.65. The largest absolute Gasteiger partial charge is 0.497 e. The summed E-state index contributed by atoms with van der Waals surface area (Å²) in [6.45, 7) is 0.228. The molecule has 0 radical (unpaired) electrons. The lowest BCUT2D eigenvalue weighted by Gasteiger charge is -2.18. The summed E-state index contributed by atoms with van der Waals surface area (Å²) < 4.78 is 27.3. The summed E-state index contributed by atoms with van der Waals surface area (Å²) >= 11 is 0. The summed E-state index contributed by atoms with van der Waals surface area (Å²) in [5.74, 6) is -0.327. The van der Waals surface area contributed by atoms with Gasteiger partial charge in [0.2, 0.25) is 15.0 Å². The standard InChI is InChI=1S/C13H13ClN2O4S/c1-20-11-2-3-12(10(5-11)6-15)16-7-9(4-13(16)17)8-21(14,18)19/h2-3,5,9H,4,7-8H2,1H3. The first-order valence-electron chi connectivity index (χ1n) is 6.15. The van der Waals surface area contributed by atoms with Crippen LogP contribution in [0.4, 0.5) is 5.69 Å². The SMILES string of the molecule is COc1ccc(N2CC(CS(=O)(=O)Cl)CC2=O)c(C#N)c1. The number of rotatable bonds is 4. The van der Waals surface area contributed by atoms with Gasteiger partial charge < -0.3 is 9.64 Å². The van der Waals surface area contributed by atoms with E-state index in [1.54, 1.807) is 12.1 Å². The Hall–Kier alpha value is -1.78. The van der Waals surface area contributed by atoms with Gasteiger partial charge in [0.1, 0.15) is 11.8 Å². The van der Waals surface area contributed by atoms with Crippen molar-refractivity contribution in [3.05, 3.63) is 23.8 Å². The van der Waals surface area contributed by atoms with Crippen molar-refractivity contribution in [2.24, 2.45) is 5.92 Å². The molecule has 0 spiro atoms. The maximum atomic E-state index is 12.0. The van der Waals surface area contributed by atoms with E-state index in [9.17, 15) is 18.5 Å². The molecule has 1 aromatic rings. The van der Waals surface area contributed by atoms with Crippen LogP contribution >= 0.6 is 10.7 Å². The molecule has 2 rings (SSSR count). The molecule has 1 atom stereocenters. The maximum absolute atomic E-state index is 12.0. The highest BCUT2D eigenvalue weighted by molar-refractivity contribution is 8.13. The van der Waals surface area contributed by atoms with E-state index < -0.39 is 9.05 Å². The highest BCUT2D eigenvalue weighted by Gasteiger charge is 2.34. The second kappa shape index (κ2) is 5.92. The predicted molar refractivity (Wildman–Crippen MR) is 77.8 cm³/mol. The van der Waals surface area contributed by atoms with Crippen LogP contribution in [0.15, 0.2) is 18.2 Å². The summed E-state index contributed by atoms with van der Waals surface area (Å²) in [6.07, 6.45) is 0.100. The second-order valence-corrected chi connectivity index (χ2v) is 7.60. The topological polar surface area (TPSA) is 87.5 Å². The zero-order chi connectivity index (χ0) is 15.6. The molecule has 1 saturated heterocycles. The number of hydrogen-bond donors (Lipinski definition) is 0. The fraction of sp³-hybridized carbons (Fsp3) is 0.385. The van der Waals surface area contributed by atoms with Crippen LogP contribution in [0.1, 0.15) is 12.0 Å². The molecule has 1 unspecified atom stereocenters. The first kappa shape index (κ1) is 15.6. The van der Waals surface area contributed by atoms with Crippen molar-refractivity contribution in [2.45, 2.75) is 6.42 Å². The van der Waals surface area contributed by atoms with E-state index in [0.717, 1.165) is 0 Å². The third kappa shape index (κ3) is 3.65. The highest BCUT2D eigenvalue weighted by Crippen LogP contribution is 2.31. The van der Waals surface area contributed by atoms with Crippen molar-refractivity contribution in [2.75, 3.05) is 24.3 Å². The number of halogens is 1. The van der Waals surface area contributed by atoms with E-state index in [1.807, 2.05) is 6.07 Å². The van der Waals surface area contributed by atoms with E-state index in [1.165, 1.54) is 18.1 Å². The summed E-state index contributed by atoms with van der Waals surface area (Å²) in [5, 5.41) is 9.18. The number of methoxy groups -OCH3 is 1. The predicted octanol–water partition coefficient (Wildman–Crippen LogP) is 1.49. The molecule has 21 heavy (non-hydrogen) atoms. The van der Waals surface area contributed by atoms with Gasteiger partial charge in [-0.3, -0.25) is 4.79 Å². The van der Waals surface area contributed by atoms with Gasteiger partial charge in [-0.25, -0.2) is 8.42 Å². The van der Waals surface area contributed by atoms with E-state index in [0.29, 0.717) is 17.0 Å². The van der Waals surface area contributed by atoms with Gasteiger partial charge in [-0.1, -0.05) is 0 Å². The van der Waals surface area contributed by atoms with Gasteiger partial charge in [-0.05, 0) is 18.2 Å². The Morgan fingerprint density at radius 1 is 1.52 bits per heavy atom. The summed E-state index contributed by atoms with van der Waals surface area (Å²) in [6, 6.07) is 6.81. The molecule has 8 heteroatoms. The number of hydrogen-bond acceptors (Lipinski definition) is 5. The Labute approximate surface area is 127 Å². The van der Waals surface area contributed by atoms with Gasteiger partial charge in [0.05, 0.1) is 24.1 Å². The zero-order valence-electron chi connectivity index (χ0n) is 11.2. The molecule has 0 bridgehead atoms. The Balaban J connectivity index is 2.27. The van der Waals surface area contributed by atoms with Gasteiger partial charge in [0.25, 0.3) is 0 Å². The number of amides is 1. The first-order chi connectivity index (χ1) is 9.84. The fourth-order valence-corrected chi connectivity index (χ4v) is 3.70. The molecule has 1 aromatic carbocycles. The quantitative estimate of drug-likeness (QED) is 0.781. The molecule has 112 valence electrons. The van der Waals surface area contributed by atoms with Crippen LogP contribution in [-0.2, 0) is 13.8 Å². The first-order valence-corrected chi connectivity index (χ1v) is 8.62. The Morgan fingerprint density at radius 2 is 2.24 bits per heavy atom. The number of carbonyl (C=O) groups excluding carboxylic acids is 1. The minimum absolute atomic E-state index is 0.100. The third-order valence-electron chi connectivity index (χ3n) is 3.25. The van der Waals surface area contributed by atoms with Crippen molar-refractivity contribution < 1.29 is 17.9 Å². The van der Waals surface area contributed by atoms with Crippen molar-refractivity contribution in [1.82, 2.24) is 0 Å². The zero-order valence-corrected chi connectivity index (χ0v) is 12.8. The lowest BCUT2D eigenvalue weighted by atomic mass is 10.1. The molecule has 1 aliphatic rings. The normalized spacial score (nSPS) is 18.6. The summed E-state index contributed by atoms with van der Waals surface area (Å²) in [4.78, 5) is 13.5. The summed E-state index contributed by atoms with van der Waals surface area (Å²) in [5.41, 5.74) is 0.759. The average Bonchev–Trinajstić information content (AvgIpc) is 2.76. The molecule has 0 aromatic heterocycles. The molecule has 0 aliphatic carbocycles. The number of anilines is 1. The third-order valence-corrected chi connectivity index (χ3v) is 4.50. The fourth-order valence-electron chi connectivity index (χ4n) is 2.37. The molecule has 1 amide bonds. The number of benzene rings is 1. The number of nitrogens with zero attached hydrogens (tertiary/aromatic N) is 2. The molecular weight excluding hydrogens is 316 g/mol. The van der Waals surface area contributed by atoms with Crippen molar-refractivity contribution in [1.29, 1.82) is 5.26 Å². The molecular formula is C13H13ClN2O4S. The minimum Gasteiger partial charge on any atom is -0.497 e. The second-order valence-electron chi connectivity index (χ2n) is 4.77. The van der Waals surface area contributed by atoms with Crippen molar-refractivity contribution >= 4 is 31.3 Å². The van der Waals surface area contributed by atoms with Crippen molar-refractivity contribution in [3.63, 3.8) is 0 Å². The lowest BCUT2D eigenvalue weighted by molar-refractivity contribution is -0.117. The van der Waals surface area contributed by atoms with E-state index >= 15 is 0 Å². The van der Waals surface area contributed by atoms with Crippen LogP contribution in [0.25, 0.3) is 0 Å². The number of carbonyl (C=O) groups is 1. The molecule has 1 heterocycles. The van der Waals surface area contributed by atoms with Crippen LogP contribution in [-0.4, -0.2) is 33.7 Å². The van der Waals surface area contributed by atoms with Crippen LogP contribution in [0, 0.1) is 17.2 Å². The van der Waals surface area contributed by atoms with Gasteiger partial charge in [0.15, 0.2) is 0 Å². The molecule has 0 N–H and O–H groups in total. The molecule has 1 fully saturated rings. The number of nitriles is 1. The lowest BCUT2D eigenvalue weighted by Crippen LogP contribution is -2.26. The van der Waals surface area contributed by atoms with Crippen LogP contribution < -0.4 is 9.64 Å². The summed E-state index contributed by atoms with van der Waals surface area (Å²) in [7, 11) is 3.06. The monoisotopic (exact) mass is 328 g/mol. The van der Waals surface area contributed by atoms with Crippen LogP contribution in [0.2, 0.25) is 0 Å². The molecule has 0 saturated carbocycles. The molecule has 6 nitrogen and oxygen atoms in total. The van der Waals surface area contributed by atoms with Gasteiger partial charge in [0, 0.05) is 29.6 Å². The average molecular weight is 329 g/mol. The van der Waals surface area contributed by atoms with E-state index in [2.05, 4.69) is 0 Å².